The van der Waals surface area contributed by atoms with E-state index in [4.69, 9.17) is 4.74 Å². The van der Waals surface area contributed by atoms with Gasteiger partial charge in [-0.05, 0) is 50.5 Å². The molecular formula is C16H22N2O4. The zero-order valence-corrected chi connectivity index (χ0v) is 12.7. The van der Waals surface area contributed by atoms with Gasteiger partial charge in [0.15, 0.2) is 0 Å². The highest BCUT2D eigenvalue weighted by atomic mass is 16.5. The van der Waals surface area contributed by atoms with Gasteiger partial charge in [-0.1, -0.05) is 0 Å². The number of likely N-dealkylation sites (tertiary alicyclic amines) is 1. The van der Waals surface area contributed by atoms with E-state index in [1.165, 1.54) is 4.90 Å². The first kappa shape index (κ1) is 16.3. The molecule has 2 rings (SSSR count). The highest BCUT2D eigenvalue weighted by molar-refractivity contribution is 5.95. The van der Waals surface area contributed by atoms with Gasteiger partial charge in [-0.2, -0.15) is 0 Å². The van der Waals surface area contributed by atoms with Gasteiger partial charge in [0.05, 0.1) is 13.2 Å². The Morgan fingerprint density at radius 1 is 1.36 bits per heavy atom. The van der Waals surface area contributed by atoms with Crippen LogP contribution in [0.2, 0.25) is 0 Å². The van der Waals surface area contributed by atoms with Crippen molar-refractivity contribution in [1.29, 1.82) is 0 Å². The molecular weight excluding hydrogens is 284 g/mol. The molecule has 0 spiro atoms. The van der Waals surface area contributed by atoms with Crippen molar-refractivity contribution < 1.29 is 19.4 Å². The largest absolute Gasteiger partial charge is 0.494 e. The summed E-state index contributed by atoms with van der Waals surface area (Å²) in [6.07, 6.45) is 1.08. The Hall–Kier alpha value is -2.08. The molecule has 6 nitrogen and oxygen atoms in total. The van der Waals surface area contributed by atoms with E-state index in [2.05, 4.69) is 5.32 Å². The zero-order chi connectivity index (χ0) is 15.9. The number of nitrogens with zero attached hydrogens (tertiary/aromatic N) is 1. The first-order valence-corrected chi connectivity index (χ1v) is 7.59. The monoisotopic (exact) mass is 306 g/mol. The zero-order valence-electron chi connectivity index (χ0n) is 12.7. The number of hydrogen-bond acceptors (Lipinski definition) is 4. The number of rotatable bonds is 5. The van der Waals surface area contributed by atoms with Crippen molar-refractivity contribution >= 4 is 17.5 Å². The van der Waals surface area contributed by atoms with E-state index in [0.29, 0.717) is 25.3 Å². The minimum absolute atomic E-state index is 0.0386. The van der Waals surface area contributed by atoms with Crippen molar-refractivity contribution in [1.82, 2.24) is 4.90 Å². The summed E-state index contributed by atoms with van der Waals surface area (Å²) in [7, 11) is 0. The van der Waals surface area contributed by atoms with Crippen molar-refractivity contribution in [2.45, 2.75) is 32.3 Å². The summed E-state index contributed by atoms with van der Waals surface area (Å²) in [5.41, 5.74) is 0.649. The van der Waals surface area contributed by atoms with Crippen LogP contribution in [-0.4, -0.2) is 47.6 Å². The quantitative estimate of drug-likeness (QED) is 0.862. The first-order valence-electron chi connectivity index (χ1n) is 7.59. The topological polar surface area (TPSA) is 78.9 Å². The predicted molar refractivity (Wildman–Crippen MR) is 82.7 cm³/mol. The van der Waals surface area contributed by atoms with E-state index < -0.39 is 6.10 Å². The van der Waals surface area contributed by atoms with Gasteiger partial charge < -0.3 is 20.1 Å². The minimum atomic E-state index is -0.985. The maximum absolute atomic E-state index is 12.0. The molecule has 0 aromatic heterocycles. The van der Waals surface area contributed by atoms with Gasteiger partial charge in [0, 0.05) is 12.2 Å². The van der Waals surface area contributed by atoms with Gasteiger partial charge in [-0.15, -0.1) is 0 Å². The molecule has 120 valence electrons. The molecule has 0 bridgehead atoms. The molecule has 1 atom stereocenters. The summed E-state index contributed by atoms with van der Waals surface area (Å²) in [5.74, 6) is 0.109. The lowest BCUT2D eigenvalue weighted by Crippen LogP contribution is -2.42. The van der Waals surface area contributed by atoms with Crippen LogP contribution in [0.1, 0.15) is 26.2 Å². The van der Waals surface area contributed by atoms with Crippen LogP contribution in [0.5, 0.6) is 5.75 Å². The first-order chi connectivity index (χ1) is 10.6. The normalized spacial score (nSPS) is 18.7. The van der Waals surface area contributed by atoms with Gasteiger partial charge in [-0.25, -0.2) is 0 Å². The summed E-state index contributed by atoms with van der Waals surface area (Å²) in [4.78, 5) is 25.4. The third-order valence-electron chi connectivity index (χ3n) is 3.54. The Morgan fingerprint density at radius 2 is 2.09 bits per heavy atom. The highest BCUT2D eigenvalue weighted by Gasteiger charge is 2.26. The second-order valence-corrected chi connectivity index (χ2v) is 5.28. The Bertz CT molecular complexity index is 515. The van der Waals surface area contributed by atoms with Crippen molar-refractivity contribution in [2.75, 3.05) is 25.0 Å². The number of carbonyl (C=O) groups is 2. The third kappa shape index (κ3) is 4.46. The van der Waals surface area contributed by atoms with Gasteiger partial charge >= 0.3 is 0 Å². The fraction of sp³-hybridized carbons (Fsp3) is 0.500. The number of hydrogen-bond donors (Lipinski definition) is 2. The molecule has 22 heavy (non-hydrogen) atoms. The average Bonchev–Trinajstić information content (AvgIpc) is 2.65. The lowest BCUT2D eigenvalue weighted by molar-refractivity contribution is -0.141. The molecule has 1 unspecified atom stereocenters. The number of anilines is 1. The number of benzene rings is 1. The maximum atomic E-state index is 12.0. The number of nitrogens with one attached hydrogen (secondary N) is 1. The van der Waals surface area contributed by atoms with E-state index in [1.807, 2.05) is 6.92 Å². The van der Waals surface area contributed by atoms with E-state index in [-0.39, 0.29) is 18.4 Å². The lowest BCUT2D eigenvalue weighted by Gasteiger charge is -2.21. The van der Waals surface area contributed by atoms with Crippen LogP contribution in [0.25, 0.3) is 0 Å². The summed E-state index contributed by atoms with van der Waals surface area (Å²) < 4.78 is 5.33. The second-order valence-electron chi connectivity index (χ2n) is 5.28. The van der Waals surface area contributed by atoms with Crippen LogP contribution in [0, 0.1) is 0 Å². The third-order valence-corrected chi connectivity index (χ3v) is 3.54. The number of aliphatic hydroxyl groups excluding tert-OH is 1. The SMILES string of the molecule is CCOc1ccc(NC(=O)CN2CCCCC(O)C2=O)cc1. The van der Waals surface area contributed by atoms with Crippen LogP contribution in [0.15, 0.2) is 24.3 Å². The molecule has 0 radical (unpaired) electrons. The predicted octanol–water partition coefficient (Wildman–Crippen LogP) is 1.40. The Balaban J connectivity index is 1.90. The minimum Gasteiger partial charge on any atom is -0.494 e. The lowest BCUT2D eigenvalue weighted by atomic mass is 10.2. The Labute approximate surface area is 130 Å². The molecule has 0 saturated carbocycles. The molecule has 1 aromatic carbocycles. The molecule has 6 heteroatoms. The molecule has 0 aliphatic carbocycles. The van der Waals surface area contributed by atoms with Crippen LogP contribution < -0.4 is 10.1 Å². The van der Waals surface area contributed by atoms with Gasteiger partial charge in [-0.3, -0.25) is 9.59 Å². The van der Waals surface area contributed by atoms with Gasteiger partial charge in [0.25, 0.3) is 5.91 Å². The van der Waals surface area contributed by atoms with Crippen LogP contribution in [0.3, 0.4) is 0 Å². The molecule has 1 heterocycles. The van der Waals surface area contributed by atoms with E-state index in [1.54, 1.807) is 24.3 Å². The number of amides is 2. The molecule has 1 fully saturated rings. The molecule has 1 aliphatic rings. The number of aliphatic hydroxyl groups is 1. The molecule has 2 N–H and O–H groups in total. The van der Waals surface area contributed by atoms with Gasteiger partial charge in [0.2, 0.25) is 5.91 Å². The maximum Gasteiger partial charge on any atom is 0.251 e. The molecule has 2 amide bonds. The van der Waals surface area contributed by atoms with Crippen molar-refractivity contribution in [3.63, 3.8) is 0 Å². The highest BCUT2D eigenvalue weighted by Crippen LogP contribution is 2.16. The van der Waals surface area contributed by atoms with E-state index >= 15 is 0 Å². The fourth-order valence-corrected chi connectivity index (χ4v) is 2.42. The molecule has 1 aromatic rings. The van der Waals surface area contributed by atoms with Crippen LogP contribution in [0.4, 0.5) is 5.69 Å². The van der Waals surface area contributed by atoms with Crippen molar-refractivity contribution in [3.8, 4) is 5.75 Å². The summed E-state index contributed by atoms with van der Waals surface area (Å²) in [6, 6.07) is 7.06. The van der Waals surface area contributed by atoms with E-state index in [0.717, 1.165) is 18.6 Å². The van der Waals surface area contributed by atoms with Crippen LogP contribution in [-0.2, 0) is 9.59 Å². The smallest absolute Gasteiger partial charge is 0.251 e. The van der Waals surface area contributed by atoms with Crippen LogP contribution >= 0.6 is 0 Å². The molecule has 1 aliphatic heterocycles. The number of carbonyl (C=O) groups excluding carboxylic acids is 2. The fourth-order valence-electron chi connectivity index (χ4n) is 2.42. The average molecular weight is 306 g/mol. The Morgan fingerprint density at radius 3 is 2.77 bits per heavy atom. The van der Waals surface area contributed by atoms with Crippen molar-refractivity contribution in [3.05, 3.63) is 24.3 Å². The molecule has 1 saturated heterocycles. The Kier molecular flexibility index (Phi) is 5.77. The summed E-state index contributed by atoms with van der Waals surface area (Å²) in [5, 5.41) is 12.4. The van der Waals surface area contributed by atoms with Gasteiger partial charge in [0.1, 0.15) is 11.9 Å². The summed E-state index contributed by atoms with van der Waals surface area (Å²) in [6.45, 7) is 2.96. The standard InChI is InChI=1S/C16H22N2O4/c1-2-22-13-8-6-12(7-9-13)17-15(20)11-18-10-4-3-5-14(19)16(18)21/h6-9,14,19H,2-5,10-11H2,1H3,(H,17,20). The van der Waals surface area contributed by atoms with E-state index in [9.17, 15) is 14.7 Å². The number of ether oxygens (including phenoxy) is 1. The summed E-state index contributed by atoms with van der Waals surface area (Å²) >= 11 is 0. The van der Waals surface area contributed by atoms with Crippen molar-refractivity contribution in [2.24, 2.45) is 0 Å². The second kappa shape index (κ2) is 7.79.